The Hall–Kier alpha value is -4.80. The topological polar surface area (TPSA) is 261 Å². The number of anilines is 1. The molecule has 3 aromatic rings. The minimum atomic E-state index is -4.55. The van der Waals surface area contributed by atoms with Crippen LogP contribution < -0.4 is 4.90 Å². The number of nitrogens with zero attached hydrogens (tertiary/aromatic N) is 2. The molecule has 5 N–H and O–H groups in total. The van der Waals surface area contributed by atoms with E-state index >= 15 is 0 Å². The first-order chi connectivity index (χ1) is 32.1. The lowest BCUT2D eigenvalue weighted by Gasteiger charge is -2.28. The molecule has 1 aliphatic carbocycles. The van der Waals surface area contributed by atoms with Gasteiger partial charge in [-0.2, -0.15) is 38.2 Å². The number of benzene rings is 3. The van der Waals surface area contributed by atoms with Crippen molar-refractivity contribution in [3.05, 3.63) is 124 Å². The molecule has 0 atom stereocenters. The zero-order valence-electron chi connectivity index (χ0n) is 39.1. The van der Waals surface area contributed by atoms with Crippen LogP contribution in [0.3, 0.4) is 0 Å². The smallest absolute Gasteiger partial charge is 0.303 e. The molecule has 20 heteroatoms. The van der Waals surface area contributed by atoms with Crippen LogP contribution in [-0.4, -0.2) is 97.8 Å². The van der Waals surface area contributed by atoms with Gasteiger partial charge in [0, 0.05) is 53.9 Å². The van der Waals surface area contributed by atoms with Gasteiger partial charge >= 0.3 is 5.97 Å². The molecule has 0 bridgehead atoms. The number of fused-ring (bicyclic) bond motifs is 2. The van der Waals surface area contributed by atoms with E-state index < -0.39 is 68.8 Å². The van der Waals surface area contributed by atoms with Crippen LogP contribution in [0, 0.1) is 0 Å². The number of hydrogen-bond acceptors (Lipinski definition) is 10. The molecule has 2 aliphatic heterocycles. The first-order valence-electron chi connectivity index (χ1n) is 22.8. The second-order valence-corrected chi connectivity index (χ2v) is 24.9. The monoisotopic (exact) mass is 1030 g/mol. The normalized spacial score (nSPS) is 18.5. The summed E-state index contributed by atoms with van der Waals surface area (Å²) in [5.74, 6) is -1.71. The van der Waals surface area contributed by atoms with Crippen LogP contribution in [-0.2, 0) is 62.5 Å². The summed E-state index contributed by atoms with van der Waals surface area (Å²) in [7, 11) is -17.5. The van der Waals surface area contributed by atoms with E-state index in [0.29, 0.717) is 80.5 Å². The molecule has 0 saturated carbocycles. The van der Waals surface area contributed by atoms with E-state index in [1.165, 1.54) is 24.3 Å². The SMILES string of the molecule is CC1(C)C(/C=C/C2=C(c3cccc(CCCCC(=O)O)c3)C(=C/C=C3/N(CCCCS(=O)(=O)O)c4ccc(S(=O)(=O)O)cc4C3(C)C)/CCC2)=[N+](CCCCS(=O)(=O)O)c2ccc(S(=O)(=O)O)cc21. The maximum absolute atomic E-state index is 12.3. The molecular weight excluding hydrogens is 969 g/mol. The van der Waals surface area contributed by atoms with Gasteiger partial charge in [-0.05, 0) is 141 Å². The third kappa shape index (κ3) is 13.1. The summed E-state index contributed by atoms with van der Waals surface area (Å²) in [4.78, 5) is 12.7. The van der Waals surface area contributed by atoms with E-state index in [1.54, 1.807) is 12.1 Å². The van der Waals surface area contributed by atoms with Gasteiger partial charge in [-0.1, -0.05) is 50.3 Å². The average Bonchev–Trinajstić information content (AvgIpc) is 3.59. The van der Waals surface area contributed by atoms with Gasteiger partial charge in [0.15, 0.2) is 5.71 Å². The summed E-state index contributed by atoms with van der Waals surface area (Å²) in [6.07, 6.45) is 13.1. The quantitative estimate of drug-likeness (QED) is 0.0381. The lowest BCUT2D eigenvalue weighted by molar-refractivity contribution is -0.438. The number of rotatable bonds is 21. The molecule has 0 fully saturated rings. The number of carbonyl (C=O) groups is 1. The van der Waals surface area contributed by atoms with Gasteiger partial charge in [0.1, 0.15) is 6.54 Å². The lowest BCUT2D eigenvalue weighted by Crippen LogP contribution is -2.28. The third-order valence-electron chi connectivity index (χ3n) is 13.1. The Kier molecular flexibility index (Phi) is 16.2. The molecule has 6 rings (SSSR count). The van der Waals surface area contributed by atoms with Crippen LogP contribution in [0.15, 0.2) is 112 Å². The van der Waals surface area contributed by atoms with Crippen molar-refractivity contribution in [2.75, 3.05) is 29.5 Å². The van der Waals surface area contributed by atoms with E-state index in [0.717, 1.165) is 45.7 Å². The molecule has 374 valence electrons. The fourth-order valence-corrected chi connectivity index (χ4v) is 11.8. The Bertz CT molecular complexity index is 3130. The Labute approximate surface area is 405 Å². The zero-order chi connectivity index (χ0) is 50.7. The Morgan fingerprint density at radius 2 is 1.33 bits per heavy atom. The maximum atomic E-state index is 12.3. The molecule has 69 heavy (non-hydrogen) atoms. The number of unbranched alkanes of at least 4 members (excludes halogenated alkanes) is 3. The fourth-order valence-electron chi connectivity index (χ4n) is 9.70. The number of aliphatic carboxylic acids is 1. The summed E-state index contributed by atoms with van der Waals surface area (Å²) in [5.41, 5.74) is 7.46. The molecular formula is C49H61N2O14S4+. The number of hydrogen-bond donors (Lipinski definition) is 5. The van der Waals surface area contributed by atoms with Crippen LogP contribution in [0.5, 0.6) is 0 Å². The standard InChI is InChI=1S/C49H60N2O14S4/c1-48(2)40-32-38(68(60,61)62)21-23-42(40)50(27-7-9-29-66(54,55)56)44(48)25-19-35-15-12-16-36(47(35)37-17-11-14-34(31-37)13-5-6-18-46(52)53)20-26-45-49(3,4)41-33-39(69(63,64)65)22-24-43(41)51(45)28-8-10-30-67(57,58)59/h11,14,17,19-26,31-33H,5-10,12-13,15-16,18,27-30H2,1-4H3,(H4-,52,53,54,55,56,57,58,59,60,61,62,63,64,65)/p+1. The molecule has 3 aromatic carbocycles. The van der Waals surface area contributed by atoms with Gasteiger partial charge in [0.05, 0.1) is 26.7 Å². The van der Waals surface area contributed by atoms with Crippen molar-refractivity contribution in [3.8, 4) is 0 Å². The Morgan fingerprint density at radius 1 is 0.696 bits per heavy atom. The highest BCUT2D eigenvalue weighted by molar-refractivity contribution is 7.86. The number of aryl methyl sites for hydroxylation is 1. The van der Waals surface area contributed by atoms with Crippen molar-refractivity contribution < 1.29 is 66.4 Å². The lowest BCUT2D eigenvalue weighted by atomic mass is 9.79. The first kappa shape index (κ1) is 53.5. The van der Waals surface area contributed by atoms with Gasteiger partial charge in [0.25, 0.3) is 40.5 Å². The average molecular weight is 1030 g/mol. The van der Waals surface area contributed by atoms with Crippen LogP contribution >= 0.6 is 0 Å². The van der Waals surface area contributed by atoms with Crippen LogP contribution in [0.2, 0.25) is 0 Å². The predicted molar refractivity (Wildman–Crippen MR) is 265 cm³/mol. The Balaban J connectivity index is 1.50. The first-order valence-corrected chi connectivity index (χ1v) is 28.9. The molecule has 0 radical (unpaired) electrons. The minimum Gasteiger partial charge on any atom is -0.481 e. The van der Waals surface area contributed by atoms with E-state index in [4.69, 9.17) is 0 Å². The highest BCUT2D eigenvalue weighted by Gasteiger charge is 2.45. The summed E-state index contributed by atoms with van der Waals surface area (Å²) >= 11 is 0. The molecule has 2 heterocycles. The number of carboxylic acid groups (broad SMARTS) is 1. The molecule has 0 saturated heterocycles. The predicted octanol–water partition coefficient (Wildman–Crippen LogP) is 8.49. The van der Waals surface area contributed by atoms with E-state index in [2.05, 4.69) is 6.07 Å². The van der Waals surface area contributed by atoms with Gasteiger partial charge in [0.2, 0.25) is 5.69 Å². The zero-order valence-corrected chi connectivity index (χ0v) is 42.4. The van der Waals surface area contributed by atoms with Crippen molar-refractivity contribution >= 4 is 69.1 Å². The molecule has 0 unspecified atom stereocenters. The maximum Gasteiger partial charge on any atom is 0.303 e. The fraction of sp³-hybridized carbons (Fsp3) is 0.429. The van der Waals surface area contributed by atoms with Crippen molar-refractivity contribution in [2.24, 2.45) is 0 Å². The summed E-state index contributed by atoms with van der Waals surface area (Å²) < 4.78 is 136. The number of carboxylic acids is 1. The van der Waals surface area contributed by atoms with Crippen LogP contribution in [0.4, 0.5) is 11.4 Å². The molecule has 16 nitrogen and oxygen atoms in total. The van der Waals surface area contributed by atoms with Crippen molar-refractivity contribution in [1.82, 2.24) is 0 Å². The van der Waals surface area contributed by atoms with Crippen LogP contribution in [0.25, 0.3) is 5.57 Å². The largest absolute Gasteiger partial charge is 0.481 e. The highest BCUT2D eigenvalue weighted by atomic mass is 32.2. The highest BCUT2D eigenvalue weighted by Crippen LogP contribution is 2.49. The minimum absolute atomic E-state index is 0.0595. The van der Waals surface area contributed by atoms with Gasteiger partial charge in [-0.15, -0.1) is 0 Å². The number of allylic oxidation sites excluding steroid dienone is 8. The summed E-state index contributed by atoms with van der Waals surface area (Å²) in [6, 6.07) is 16.9. The second kappa shape index (κ2) is 20.9. The van der Waals surface area contributed by atoms with Gasteiger partial charge < -0.3 is 10.0 Å². The second-order valence-electron chi connectivity index (χ2n) is 18.9. The van der Waals surface area contributed by atoms with Crippen molar-refractivity contribution in [2.45, 2.75) is 119 Å². The van der Waals surface area contributed by atoms with E-state index in [9.17, 15) is 61.8 Å². The van der Waals surface area contributed by atoms with Gasteiger partial charge in [-0.25, -0.2) is 0 Å². The van der Waals surface area contributed by atoms with E-state index in [1.807, 2.05) is 79.7 Å². The van der Waals surface area contributed by atoms with E-state index in [-0.39, 0.29) is 29.1 Å². The summed E-state index contributed by atoms with van der Waals surface area (Å²) in [5, 5.41) is 9.23. The Morgan fingerprint density at radius 3 is 1.97 bits per heavy atom. The molecule has 0 amide bonds. The third-order valence-corrected chi connectivity index (χ3v) is 16.4. The van der Waals surface area contributed by atoms with Crippen molar-refractivity contribution in [1.29, 1.82) is 0 Å². The van der Waals surface area contributed by atoms with Crippen molar-refractivity contribution in [3.63, 3.8) is 0 Å². The summed E-state index contributed by atoms with van der Waals surface area (Å²) in [6.45, 7) is 8.42. The van der Waals surface area contributed by atoms with Gasteiger partial charge in [-0.3, -0.25) is 23.0 Å². The van der Waals surface area contributed by atoms with Crippen LogP contribution in [0.1, 0.15) is 114 Å². The molecule has 3 aliphatic rings. The molecule has 0 aromatic heterocycles. The molecule has 0 spiro atoms.